The van der Waals surface area contributed by atoms with E-state index in [1.807, 2.05) is 6.07 Å². The van der Waals surface area contributed by atoms with Crippen molar-refractivity contribution in [2.24, 2.45) is 0 Å². The minimum Gasteiger partial charge on any atom is -0.350 e. The summed E-state index contributed by atoms with van der Waals surface area (Å²) in [5.74, 6) is 0. The second kappa shape index (κ2) is 10.5. The van der Waals surface area contributed by atoms with Gasteiger partial charge in [0.1, 0.15) is 0 Å². The van der Waals surface area contributed by atoms with Crippen LogP contribution in [0.1, 0.15) is 30.0 Å². The Morgan fingerprint density at radius 2 is 1.67 bits per heavy atom. The van der Waals surface area contributed by atoms with Gasteiger partial charge >= 0.3 is 0 Å². The molecule has 0 atom stereocenters. The fourth-order valence-corrected chi connectivity index (χ4v) is 4.59. The van der Waals surface area contributed by atoms with E-state index in [0.717, 1.165) is 27.3 Å². The molecular formula is C27H28NPS. The zero-order chi connectivity index (χ0) is 21.5. The van der Waals surface area contributed by atoms with Crippen molar-refractivity contribution in [2.45, 2.75) is 27.2 Å². The van der Waals surface area contributed by atoms with Crippen molar-refractivity contribution < 1.29 is 0 Å². The molecule has 1 N–H and O–H groups in total. The summed E-state index contributed by atoms with van der Waals surface area (Å²) in [4.78, 5) is 1.15. The van der Waals surface area contributed by atoms with Gasteiger partial charge in [-0.1, -0.05) is 92.0 Å². The molecule has 0 spiro atoms. The van der Waals surface area contributed by atoms with Crippen molar-refractivity contribution in [3.8, 4) is 11.1 Å². The molecule has 1 nitrogen and oxygen atoms in total. The largest absolute Gasteiger partial charge is 0.350 e. The highest BCUT2D eigenvalue weighted by Gasteiger charge is 2.14. The molecule has 3 aromatic rings. The maximum Gasteiger partial charge on any atom is 0.0700 e. The van der Waals surface area contributed by atoms with Gasteiger partial charge in [-0.15, -0.1) is 8.86 Å². The van der Waals surface area contributed by atoms with Crippen LogP contribution in [0.15, 0.2) is 95.4 Å². The highest BCUT2D eigenvalue weighted by atomic mass is 32.2. The summed E-state index contributed by atoms with van der Waals surface area (Å²) in [5, 5.41) is 5.41. The van der Waals surface area contributed by atoms with E-state index in [2.05, 4.69) is 114 Å². The van der Waals surface area contributed by atoms with Crippen molar-refractivity contribution in [2.75, 3.05) is 5.32 Å². The smallest absolute Gasteiger partial charge is 0.0700 e. The molecule has 30 heavy (non-hydrogen) atoms. The number of hydrogen-bond acceptors (Lipinski definition) is 2. The fourth-order valence-electron chi connectivity index (χ4n) is 3.22. The molecule has 3 aromatic carbocycles. The number of anilines is 1. The van der Waals surface area contributed by atoms with E-state index >= 15 is 0 Å². The van der Waals surface area contributed by atoms with E-state index in [1.54, 1.807) is 11.8 Å². The molecule has 0 aromatic heterocycles. The van der Waals surface area contributed by atoms with Crippen LogP contribution in [0.3, 0.4) is 0 Å². The molecule has 3 rings (SSSR count). The minimum absolute atomic E-state index is 0.894. The normalized spacial score (nSPS) is 11.2. The van der Waals surface area contributed by atoms with Crippen LogP contribution in [-0.2, 0) is 0 Å². The van der Waals surface area contributed by atoms with E-state index in [4.69, 9.17) is 0 Å². The summed E-state index contributed by atoms with van der Waals surface area (Å²) in [6, 6.07) is 25.4. The molecule has 0 radical (unpaired) electrons. The molecule has 0 saturated carbocycles. The lowest BCUT2D eigenvalue weighted by molar-refractivity contribution is 1.22. The first kappa shape index (κ1) is 22.2. The van der Waals surface area contributed by atoms with Gasteiger partial charge in [0.25, 0.3) is 0 Å². The van der Waals surface area contributed by atoms with Crippen LogP contribution in [0.25, 0.3) is 11.1 Å². The van der Waals surface area contributed by atoms with Gasteiger partial charge < -0.3 is 5.32 Å². The lowest BCUT2D eigenvalue weighted by Crippen LogP contribution is -2.04. The van der Waals surface area contributed by atoms with E-state index in [-0.39, 0.29) is 0 Å². The lowest BCUT2D eigenvalue weighted by atomic mass is 9.97. The second-order valence-electron chi connectivity index (χ2n) is 7.21. The molecule has 152 valence electrons. The Morgan fingerprint density at radius 3 is 2.37 bits per heavy atom. The maximum atomic E-state index is 4.26. The summed E-state index contributed by atoms with van der Waals surface area (Å²) in [6.07, 6.45) is 3.18. The quantitative estimate of drug-likeness (QED) is 0.362. The molecule has 0 heterocycles. The summed E-state index contributed by atoms with van der Waals surface area (Å²) < 4.78 is 0. The van der Waals surface area contributed by atoms with Crippen LogP contribution >= 0.6 is 20.6 Å². The monoisotopic (exact) mass is 429 g/mol. The average Bonchev–Trinajstić information content (AvgIpc) is 2.76. The summed E-state index contributed by atoms with van der Waals surface area (Å²) in [5.41, 5.74) is 7.21. The highest BCUT2D eigenvalue weighted by molar-refractivity contribution is 8.08. The van der Waals surface area contributed by atoms with E-state index in [9.17, 15) is 0 Å². The number of rotatable bonds is 8. The topological polar surface area (TPSA) is 12.0 Å². The Morgan fingerprint density at radius 1 is 0.967 bits per heavy atom. The molecule has 0 aliphatic heterocycles. The Kier molecular flexibility index (Phi) is 7.74. The molecular weight excluding hydrogens is 401 g/mol. The third-order valence-corrected chi connectivity index (χ3v) is 6.60. The van der Waals surface area contributed by atoms with Crippen LogP contribution < -0.4 is 5.32 Å². The molecule has 0 unspecified atom stereocenters. The van der Waals surface area contributed by atoms with Crippen LogP contribution in [0.4, 0.5) is 5.69 Å². The molecule has 3 heteroatoms. The van der Waals surface area contributed by atoms with Crippen molar-refractivity contribution >= 4 is 31.6 Å². The van der Waals surface area contributed by atoms with Crippen LogP contribution in [0.2, 0.25) is 0 Å². The van der Waals surface area contributed by atoms with Crippen LogP contribution in [-0.4, -0.2) is 5.29 Å². The zero-order valence-electron chi connectivity index (χ0n) is 17.8. The Hall–Kier alpha value is -2.54. The van der Waals surface area contributed by atoms with Crippen molar-refractivity contribution in [3.05, 3.63) is 112 Å². The van der Waals surface area contributed by atoms with Crippen LogP contribution in [0, 0.1) is 13.8 Å². The van der Waals surface area contributed by atoms with Gasteiger partial charge in [-0.25, -0.2) is 0 Å². The second-order valence-corrected chi connectivity index (χ2v) is 8.85. The highest BCUT2D eigenvalue weighted by Crippen LogP contribution is 2.33. The first-order valence-electron chi connectivity index (χ1n) is 10.1. The molecule has 0 saturated heterocycles. The number of allylic oxidation sites excluding steroid dienone is 2. The lowest BCUT2D eigenvalue weighted by Gasteiger charge is -2.17. The third-order valence-electron chi connectivity index (χ3n) is 4.94. The van der Waals surface area contributed by atoms with Crippen molar-refractivity contribution in [1.82, 2.24) is 0 Å². The van der Waals surface area contributed by atoms with Gasteiger partial charge in [0.15, 0.2) is 0 Å². The Balaban J connectivity index is 1.83. The minimum atomic E-state index is 0.894. The van der Waals surface area contributed by atoms with E-state index in [1.165, 1.54) is 27.8 Å². The summed E-state index contributed by atoms with van der Waals surface area (Å²) in [6.45, 7) is 10.7. The average molecular weight is 430 g/mol. The summed E-state index contributed by atoms with van der Waals surface area (Å²) >= 11 is 1.65. The number of nitrogens with one attached hydrogen (secondary N) is 1. The van der Waals surface area contributed by atoms with E-state index in [0.29, 0.717) is 0 Å². The predicted molar refractivity (Wildman–Crippen MR) is 139 cm³/mol. The molecule has 0 aliphatic rings. The maximum absolute atomic E-state index is 4.26. The van der Waals surface area contributed by atoms with Gasteiger partial charge in [0.05, 0.1) is 5.03 Å². The van der Waals surface area contributed by atoms with Gasteiger partial charge in [-0.05, 0) is 60.2 Å². The summed E-state index contributed by atoms with van der Waals surface area (Å²) in [7, 11) is 3.96. The molecule has 0 amide bonds. The number of hydrogen-bond donors (Lipinski definition) is 1. The molecule has 0 fully saturated rings. The van der Waals surface area contributed by atoms with Crippen LogP contribution in [0.5, 0.6) is 0 Å². The number of thioether (sulfide) groups is 1. The fraction of sp³-hybridized carbons (Fsp3) is 0.148. The van der Waals surface area contributed by atoms with Gasteiger partial charge in [0, 0.05) is 15.9 Å². The van der Waals surface area contributed by atoms with Gasteiger partial charge in [0.2, 0.25) is 0 Å². The van der Waals surface area contributed by atoms with E-state index < -0.39 is 0 Å². The van der Waals surface area contributed by atoms with Gasteiger partial charge in [-0.2, -0.15) is 0 Å². The Bertz CT molecular complexity index is 1080. The molecule has 0 bridgehead atoms. The van der Waals surface area contributed by atoms with Crippen molar-refractivity contribution in [1.29, 1.82) is 0 Å². The standard InChI is InChI=1S/C27H28NPS/c1-5-11-26(30-21(4)28-23-17-16-19(2)20(3)18-23)27(29)25-15-10-9-14-24(25)22-12-7-6-8-13-22/h6-18,28-29H,4-5H2,1-3H3/b26-11-. The first-order valence-corrected chi connectivity index (χ1v) is 11.5. The van der Waals surface area contributed by atoms with Crippen molar-refractivity contribution in [3.63, 3.8) is 0 Å². The number of benzene rings is 3. The SMILES string of the molecule is C=C(Nc1ccc(C)c(C)c1)S/C(=C\CC)C(=P)c1ccccc1-c1ccccc1. The number of aryl methyl sites for hydroxylation is 2. The third kappa shape index (κ3) is 5.53. The van der Waals surface area contributed by atoms with Gasteiger partial charge in [-0.3, -0.25) is 0 Å². The zero-order valence-corrected chi connectivity index (χ0v) is 19.6. The molecule has 0 aliphatic carbocycles. The first-order chi connectivity index (χ1) is 14.5. The predicted octanol–water partition coefficient (Wildman–Crippen LogP) is 8.24. The Labute approximate surface area is 187 Å².